The molecular weight excluding hydrogens is 334 g/mol. The fraction of sp³-hybridized carbons (Fsp3) is 0.478. The Morgan fingerprint density at radius 2 is 1.85 bits per heavy atom. The lowest BCUT2D eigenvalue weighted by Crippen LogP contribution is -2.52. The summed E-state index contributed by atoms with van der Waals surface area (Å²) in [5, 5.41) is 0. The first kappa shape index (κ1) is 18.2. The molecule has 0 radical (unpaired) electrons. The fourth-order valence-corrected chi connectivity index (χ4v) is 4.89. The summed E-state index contributed by atoms with van der Waals surface area (Å²) in [6, 6.07) is 16.5. The van der Waals surface area contributed by atoms with Crippen molar-refractivity contribution in [2.75, 3.05) is 32.7 Å². The third-order valence-corrected chi connectivity index (χ3v) is 6.43. The van der Waals surface area contributed by atoms with Gasteiger partial charge in [-0.1, -0.05) is 43.3 Å². The Kier molecular flexibility index (Phi) is 5.26. The minimum absolute atomic E-state index is 0.0771. The molecule has 0 aliphatic carbocycles. The van der Waals surface area contributed by atoms with Gasteiger partial charge in [-0.25, -0.2) is 0 Å². The van der Waals surface area contributed by atoms with Crippen molar-refractivity contribution in [1.82, 2.24) is 14.8 Å². The Morgan fingerprint density at radius 3 is 2.52 bits per heavy atom. The lowest BCUT2D eigenvalue weighted by atomic mass is 9.68. The van der Waals surface area contributed by atoms with E-state index < -0.39 is 0 Å². The van der Waals surface area contributed by atoms with Crippen molar-refractivity contribution in [2.45, 2.75) is 32.1 Å². The van der Waals surface area contributed by atoms with E-state index in [1.54, 1.807) is 6.20 Å². The molecule has 1 aromatic carbocycles. The Bertz CT molecular complexity index is 754. The summed E-state index contributed by atoms with van der Waals surface area (Å²) < 4.78 is 0. The zero-order chi connectivity index (χ0) is 18.7. The summed E-state index contributed by atoms with van der Waals surface area (Å²) in [5.41, 5.74) is 2.35. The molecule has 1 aromatic heterocycles. The van der Waals surface area contributed by atoms with Gasteiger partial charge < -0.3 is 9.80 Å². The van der Waals surface area contributed by atoms with Crippen molar-refractivity contribution in [3.05, 3.63) is 66.0 Å². The number of carbonyl (C=O) groups is 1. The van der Waals surface area contributed by atoms with Crippen molar-refractivity contribution in [3.8, 4) is 0 Å². The summed E-state index contributed by atoms with van der Waals surface area (Å²) in [4.78, 5) is 21.6. The molecule has 1 amide bonds. The van der Waals surface area contributed by atoms with Gasteiger partial charge in [0.25, 0.3) is 5.91 Å². The fourth-order valence-electron chi connectivity index (χ4n) is 4.89. The number of likely N-dealkylation sites (tertiary alicyclic amines) is 2. The SMILES string of the molecule is CCN1CC(c2ccccc2)CC2(CCN(C(=O)c3ccccn3)CC2)C1. The van der Waals surface area contributed by atoms with Gasteiger partial charge in [-0.2, -0.15) is 0 Å². The molecule has 1 unspecified atom stereocenters. The van der Waals surface area contributed by atoms with Gasteiger partial charge in [-0.15, -0.1) is 0 Å². The van der Waals surface area contributed by atoms with Gasteiger partial charge in [0.2, 0.25) is 0 Å². The van der Waals surface area contributed by atoms with Gasteiger partial charge in [0.1, 0.15) is 5.69 Å². The number of pyridine rings is 1. The predicted octanol–water partition coefficient (Wildman–Crippen LogP) is 3.81. The maximum Gasteiger partial charge on any atom is 0.272 e. The highest BCUT2D eigenvalue weighted by Crippen LogP contribution is 2.45. The number of carbonyl (C=O) groups excluding carboxylic acids is 1. The minimum Gasteiger partial charge on any atom is -0.337 e. The molecule has 2 aliphatic rings. The first-order valence-corrected chi connectivity index (χ1v) is 10.2. The normalized spacial score (nSPS) is 22.7. The molecule has 0 N–H and O–H groups in total. The highest BCUT2D eigenvalue weighted by atomic mass is 16.2. The van der Waals surface area contributed by atoms with Crippen LogP contribution in [0.4, 0.5) is 0 Å². The molecule has 1 spiro atoms. The van der Waals surface area contributed by atoms with Gasteiger partial charge in [0.05, 0.1) is 0 Å². The van der Waals surface area contributed by atoms with Crippen LogP contribution < -0.4 is 0 Å². The van der Waals surface area contributed by atoms with Crippen LogP contribution in [-0.4, -0.2) is 53.4 Å². The number of amides is 1. The zero-order valence-corrected chi connectivity index (χ0v) is 16.2. The van der Waals surface area contributed by atoms with Gasteiger partial charge in [0, 0.05) is 32.4 Å². The number of likely N-dealkylation sites (N-methyl/N-ethyl adjacent to an activating group) is 1. The molecule has 2 aliphatic heterocycles. The number of hydrogen-bond acceptors (Lipinski definition) is 3. The predicted molar refractivity (Wildman–Crippen MR) is 108 cm³/mol. The topological polar surface area (TPSA) is 36.4 Å². The van der Waals surface area contributed by atoms with Gasteiger partial charge >= 0.3 is 0 Å². The Labute approximate surface area is 162 Å². The standard InChI is InChI=1S/C23H29N3O/c1-2-25-17-20(19-8-4-3-5-9-19)16-23(18-25)11-14-26(15-12-23)22(27)21-10-6-7-13-24-21/h3-10,13,20H,2,11-12,14-18H2,1H3. The van der Waals surface area contributed by atoms with Crippen LogP contribution in [0, 0.1) is 5.41 Å². The second-order valence-electron chi connectivity index (χ2n) is 8.15. The molecule has 0 bridgehead atoms. The molecule has 27 heavy (non-hydrogen) atoms. The number of benzene rings is 1. The first-order valence-electron chi connectivity index (χ1n) is 10.2. The lowest BCUT2D eigenvalue weighted by Gasteiger charge is -2.50. The van der Waals surface area contributed by atoms with Crippen LogP contribution in [0.25, 0.3) is 0 Å². The smallest absolute Gasteiger partial charge is 0.272 e. The van der Waals surface area contributed by atoms with E-state index in [1.807, 2.05) is 23.1 Å². The summed E-state index contributed by atoms with van der Waals surface area (Å²) in [6.07, 6.45) is 5.11. The monoisotopic (exact) mass is 363 g/mol. The van der Waals surface area contributed by atoms with Crippen LogP contribution in [0.1, 0.15) is 48.2 Å². The molecule has 3 heterocycles. The molecule has 2 fully saturated rings. The third kappa shape index (κ3) is 3.91. The summed E-state index contributed by atoms with van der Waals surface area (Å²) in [6.45, 7) is 7.36. The lowest BCUT2D eigenvalue weighted by molar-refractivity contribution is 0.0156. The Hall–Kier alpha value is -2.20. The van der Waals surface area contributed by atoms with E-state index >= 15 is 0 Å². The maximum absolute atomic E-state index is 12.7. The molecule has 4 rings (SSSR count). The van der Waals surface area contributed by atoms with E-state index in [-0.39, 0.29) is 5.91 Å². The van der Waals surface area contributed by atoms with Crippen LogP contribution in [0.2, 0.25) is 0 Å². The molecule has 4 heteroatoms. The van der Waals surface area contributed by atoms with Crippen LogP contribution in [-0.2, 0) is 0 Å². The Morgan fingerprint density at radius 1 is 1.11 bits per heavy atom. The van der Waals surface area contributed by atoms with Gasteiger partial charge in [0.15, 0.2) is 0 Å². The number of hydrogen-bond donors (Lipinski definition) is 0. The van der Waals surface area contributed by atoms with E-state index in [4.69, 9.17) is 0 Å². The second kappa shape index (κ2) is 7.81. The average Bonchev–Trinajstić information content (AvgIpc) is 2.75. The van der Waals surface area contributed by atoms with E-state index in [1.165, 1.54) is 18.5 Å². The molecule has 1 atom stereocenters. The number of aromatic nitrogens is 1. The summed E-state index contributed by atoms with van der Waals surface area (Å²) >= 11 is 0. The minimum atomic E-state index is 0.0771. The second-order valence-corrected chi connectivity index (χ2v) is 8.15. The largest absolute Gasteiger partial charge is 0.337 e. The molecule has 142 valence electrons. The van der Waals surface area contributed by atoms with E-state index in [9.17, 15) is 4.79 Å². The molecule has 4 nitrogen and oxygen atoms in total. The van der Waals surface area contributed by atoms with Crippen LogP contribution in [0.15, 0.2) is 54.7 Å². The highest BCUT2D eigenvalue weighted by Gasteiger charge is 2.42. The molecule has 2 saturated heterocycles. The number of piperidine rings is 2. The van der Waals surface area contributed by atoms with Crippen molar-refractivity contribution >= 4 is 5.91 Å². The summed E-state index contributed by atoms with van der Waals surface area (Å²) in [5.74, 6) is 0.672. The maximum atomic E-state index is 12.7. The Balaban J connectivity index is 1.46. The third-order valence-electron chi connectivity index (χ3n) is 6.43. The average molecular weight is 364 g/mol. The van der Waals surface area contributed by atoms with Crippen molar-refractivity contribution in [3.63, 3.8) is 0 Å². The van der Waals surface area contributed by atoms with E-state index in [2.05, 4.69) is 47.1 Å². The van der Waals surface area contributed by atoms with Crippen LogP contribution in [0.5, 0.6) is 0 Å². The van der Waals surface area contributed by atoms with Crippen LogP contribution >= 0.6 is 0 Å². The zero-order valence-electron chi connectivity index (χ0n) is 16.2. The first-order chi connectivity index (χ1) is 13.2. The van der Waals surface area contributed by atoms with Crippen LogP contribution in [0.3, 0.4) is 0 Å². The number of rotatable bonds is 3. The molecular formula is C23H29N3O. The molecule has 2 aromatic rings. The quantitative estimate of drug-likeness (QED) is 0.832. The van der Waals surface area contributed by atoms with E-state index in [0.29, 0.717) is 17.0 Å². The summed E-state index contributed by atoms with van der Waals surface area (Å²) in [7, 11) is 0. The van der Waals surface area contributed by atoms with Gasteiger partial charge in [-0.05, 0) is 54.8 Å². The highest BCUT2D eigenvalue weighted by molar-refractivity contribution is 5.92. The van der Waals surface area contributed by atoms with Crippen molar-refractivity contribution in [1.29, 1.82) is 0 Å². The number of nitrogens with zero attached hydrogens (tertiary/aromatic N) is 3. The van der Waals surface area contributed by atoms with Crippen molar-refractivity contribution < 1.29 is 4.79 Å². The van der Waals surface area contributed by atoms with E-state index in [0.717, 1.165) is 39.0 Å². The van der Waals surface area contributed by atoms with Gasteiger partial charge in [-0.3, -0.25) is 9.78 Å². The van der Waals surface area contributed by atoms with Crippen molar-refractivity contribution in [2.24, 2.45) is 5.41 Å². The molecule has 0 saturated carbocycles.